The molecule has 1 N–H and O–H groups in total. The quantitative estimate of drug-likeness (QED) is 0.391. The summed E-state index contributed by atoms with van der Waals surface area (Å²) in [7, 11) is 0. The maximum Gasteiger partial charge on any atom is 0.135 e. The van der Waals surface area contributed by atoms with Crippen molar-refractivity contribution in [3.8, 4) is 0 Å². The third kappa shape index (κ3) is 9.78. The molecule has 0 aliphatic carbocycles. The second kappa shape index (κ2) is 12.5. The number of alkyl halides is 1. The van der Waals surface area contributed by atoms with Crippen LogP contribution in [0.5, 0.6) is 0 Å². The molecule has 0 saturated carbocycles. The SMILES string of the molecule is CCCCCCCCCC(=O)C[C@@H](O)[C@H](Cl)Cc1ccccc1. The Bertz CT molecular complexity index is 419. The first-order valence-electron chi connectivity index (χ1n) is 9.01. The second-order valence-electron chi connectivity index (χ2n) is 6.39. The standard InChI is InChI=1S/C20H31ClO2/c1-2-3-4-5-6-7-11-14-18(22)16-20(23)19(21)15-17-12-9-8-10-13-17/h8-10,12-13,19-20,23H,2-7,11,14-16H2,1H3/t19-,20-/m1/s1. The number of aliphatic hydroxyl groups is 1. The van der Waals surface area contributed by atoms with Crippen LogP contribution >= 0.6 is 11.6 Å². The van der Waals surface area contributed by atoms with Crippen molar-refractivity contribution in [2.45, 2.75) is 82.6 Å². The Morgan fingerprint density at radius 2 is 1.65 bits per heavy atom. The fourth-order valence-corrected chi connectivity index (χ4v) is 2.99. The highest BCUT2D eigenvalue weighted by Crippen LogP contribution is 2.16. The molecular weight excluding hydrogens is 308 g/mol. The number of rotatable bonds is 13. The molecule has 0 radical (unpaired) electrons. The van der Waals surface area contributed by atoms with Gasteiger partial charge in [0.1, 0.15) is 5.78 Å². The molecular formula is C20H31ClO2. The van der Waals surface area contributed by atoms with Crippen LogP contribution in [0.1, 0.15) is 70.3 Å². The summed E-state index contributed by atoms with van der Waals surface area (Å²) in [6.45, 7) is 2.21. The molecule has 3 heteroatoms. The summed E-state index contributed by atoms with van der Waals surface area (Å²) in [5.41, 5.74) is 1.09. The Morgan fingerprint density at radius 1 is 1.04 bits per heavy atom. The van der Waals surface area contributed by atoms with E-state index < -0.39 is 11.5 Å². The van der Waals surface area contributed by atoms with Gasteiger partial charge in [-0.15, -0.1) is 11.6 Å². The molecule has 2 atom stereocenters. The maximum absolute atomic E-state index is 11.9. The first-order chi connectivity index (χ1) is 11.1. The minimum Gasteiger partial charge on any atom is -0.391 e. The smallest absolute Gasteiger partial charge is 0.135 e. The molecule has 130 valence electrons. The van der Waals surface area contributed by atoms with E-state index in [0.29, 0.717) is 12.8 Å². The number of unbranched alkanes of at least 4 members (excludes halogenated alkanes) is 6. The van der Waals surface area contributed by atoms with E-state index in [1.165, 1.54) is 32.1 Å². The summed E-state index contributed by atoms with van der Waals surface area (Å²) in [6.07, 6.45) is 8.98. The van der Waals surface area contributed by atoms with Gasteiger partial charge in [0, 0.05) is 12.8 Å². The molecule has 0 fully saturated rings. The van der Waals surface area contributed by atoms with Crippen molar-refractivity contribution in [3.05, 3.63) is 35.9 Å². The molecule has 2 nitrogen and oxygen atoms in total. The van der Waals surface area contributed by atoms with Crippen molar-refractivity contribution in [1.29, 1.82) is 0 Å². The number of hydrogen-bond acceptors (Lipinski definition) is 2. The van der Waals surface area contributed by atoms with E-state index in [1.807, 2.05) is 30.3 Å². The van der Waals surface area contributed by atoms with Crippen molar-refractivity contribution in [2.75, 3.05) is 0 Å². The van der Waals surface area contributed by atoms with Crippen molar-refractivity contribution < 1.29 is 9.90 Å². The molecule has 0 aliphatic heterocycles. The fraction of sp³-hybridized carbons (Fsp3) is 0.650. The summed E-state index contributed by atoms with van der Waals surface area (Å²) < 4.78 is 0. The average Bonchev–Trinajstić information content (AvgIpc) is 2.55. The van der Waals surface area contributed by atoms with Crippen molar-refractivity contribution in [3.63, 3.8) is 0 Å². The van der Waals surface area contributed by atoms with Gasteiger partial charge in [-0.25, -0.2) is 0 Å². The molecule has 0 bridgehead atoms. The molecule has 0 heterocycles. The number of carbonyl (C=O) groups excluding carboxylic acids is 1. The molecule has 23 heavy (non-hydrogen) atoms. The van der Waals surface area contributed by atoms with E-state index in [-0.39, 0.29) is 12.2 Å². The predicted octanol–water partition coefficient (Wildman–Crippen LogP) is 5.30. The number of carbonyl (C=O) groups is 1. The third-order valence-electron chi connectivity index (χ3n) is 4.19. The van der Waals surface area contributed by atoms with Crippen molar-refractivity contribution >= 4 is 17.4 Å². The first kappa shape index (κ1) is 20.2. The van der Waals surface area contributed by atoms with Gasteiger partial charge < -0.3 is 5.11 Å². The number of Topliss-reactive ketones (excluding diaryl/α,β-unsaturated/α-hetero) is 1. The van der Waals surface area contributed by atoms with Gasteiger partial charge in [0.25, 0.3) is 0 Å². The fourth-order valence-electron chi connectivity index (χ4n) is 2.72. The minimum atomic E-state index is -0.756. The van der Waals surface area contributed by atoms with Crippen LogP contribution in [-0.4, -0.2) is 22.4 Å². The topological polar surface area (TPSA) is 37.3 Å². The summed E-state index contributed by atoms with van der Waals surface area (Å²) >= 11 is 6.24. The number of ketones is 1. The molecule has 1 rings (SSSR count). The van der Waals surface area contributed by atoms with Crippen molar-refractivity contribution in [1.82, 2.24) is 0 Å². The van der Waals surface area contributed by atoms with Crippen LogP contribution < -0.4 is 0 Å². The largest absolute Gasteiger partial charge is 0.391 e. The van der Waals surface area contributed by atoms with Gasteiger partial charge in [0.2, 0.25) is 0 Å². The second-order valence-corrected chi connectivity index (χ2v) is 6.95. The van der Waals surface area contributed by atoms with E-state index in [4.69, 9.17) is 11.6 Å². The molecule has 1 aromatic carbocycles. The normalized spacial score (nSPS) is 13.7. The number of aliphatic hydroxyl groups excluding tert-OH is 1. The van der Waals surface area contributed by atoms with Gasteiger partial charge in [-0.3, -0.25) is 4.79 Å². The van der Waals surface area contributed by atoms with Gasteiger partial charge in [0.05, 0.1) is 11.5 Å². The summed E-state index contributed by atoms with van der Waals surface area (Å²) in [5.74, 6) is 0.129. The molecule has 1 aromatic rings. The predicted molar refractivity (Wildman–Crippen MR) is 98.0 cm³/mol. The van der Waals surface area contributed by atoms with E-state index >= 15 is 0 Å². The van der Waals surface area contributed by atoms with Crippen LogP contribution in [0.3, 0.4) is 0 Å². The van der Waals surface area contributed by atoms with Crippen LogP contribution in [0, 0.1) is 0 Å². The Kier molecular flexibility index (Phi) is 11.0. The lowest BCUT2D eigenvalue weighted by Gasteiger charge is -2.16. The van der Waals surface area contributed by atoms with Crippen LogP contribution in [0.15, 0.2) is 30.3 Å². The van der Waals surface area contributed by atoms with Gasteiger partial charge in [-0.05, 0) is 18.4 Å². The minimum absolute atomic E-state index is 0.129. The van der Waals surface area contributed by atoms with E-state index in [9.17, 15) is 9.90 Å². The third-order valence-corrected chi connectivity index (χ3v) is 4.63. The highest BCUT2D eigenvalue weighted by molar-refractivity contribution is 6.21. The Balaban J connectivity index is 2.13. The van der Waals surface area contributed by atoms with Crippen LogP contribution in [0.2, 0.25) is 0 Å². The molecule has 0 saturated heterocycles. The van der Waals surface area contributed by atoms with Gasteiger partial charge in [0.15, 0.2) is 0 Å². The van der Waals surface area contributed by atoms with Crippen LogP contribution in [0.25, 0.3) is 0 Å². The molecule has 0 spiro atoms. The van der Waals surface area contributed by atoms with E-state index in [2.05, 4.69) is 6.92 Å². The maximum atomic E-state index is 11.9. The number of halogens is 1. The molecule has 0 aliphatic rings. The first-order valence-corrected chi connectivity index (χ1v) is 9.45. The van der Waals surface area contributed by atoms with Gasteiger partial charge in [-0.2, -0.15) is 0 Å². The van der Waals surface area contributed by atoms with Gasteiger partial charge >= 0.3 is 0 Å². The zero-order valence-corrected chi connectivity index (χ0v) is 15.1. The van der Waals surface area contributed by atoms with E-state index in [0.717, 1.165) is 18.4 Å². The lowest BCUT2D eigenvalue weighted by atomic mass is 10.00. The number of benzene rings is 1. The molecule has 0 aromatic heterocycles. The van der Waals surface area contributed by atoms with E-state index in [1.54, 1.807) is 0 Å². The Morgan fingerprint density at radius 3 is 2.30 bits per heavy atom. The summed E-state index contributed by atoms with van der Waals surface area (Å²) in [4.78, 5) is 11.9. The molecule has 0 amide bonds. The Labute approximate surface area is 146 Å². The van der Waals surface area contributed by atoms with Crippen molar-refractivity contribution in [2.24, 2.45) is 0 Å². The lowest BCUT2D eigenvalue weighted by molar-refractivity contribution is -0.121. The van der Waals surface area contributed by atoms with Crippen LogP contribution in [0.4, 0.5) is 0 Å². The molecule has 0 unspecified atom stereocenters. The van der Waals surface area contributed by atoms with Crippen LogP contribution in [-0.2, 0) is 11.2 Å². The average molecular weight is 339 g/mol. The Hall–Kier alpha value is -0.860. The zero-order valence-electron chi connectivity index (χ0n) is 14.3. The highest BCUT2D eigenvalue weighted by atomic mass is 35.5. The lowest BCUT2D eigenvalue weighted by Crippen LogP contribution is -2.26. The highest BCUT2D eigenvalue weighted by Gasteiger charge is 2.19. The van der Waals surface area contributed by atoms with Gasteiger partial charge in [-0.1, -0.05) is 75.8 Å². The number of hydrogen-bond donors (Lipinski definition) is 1. The zero-order chi connectivity index (χ0) is 16.9. The monoisotopic (exact) mass is 338 g/mol. The summed E-state index contributed by atoms with van der Waals surface area (Å²) in [6, 6.07) is 9.84. The summed E-state index contributed by atoms with van der Waals surface area (Å²) in [5, 5.41) is 9.69.